The van der Waals surface area contributed by atoms with Crippen LogP contribution in [0.4, 0.5) is 9.80 Å². The van der Waals surface area contributed by atoms with Gasteiger partial charge in [-0.1, -0.05) is 30.3 Å². The van der Waals surface area contributed by atoms with Crippen molar-refractivity contribution in [1.82, 2.24) is 5.32 Å². The normalized spacial score (nSPS) is 13.5. The molecule has 0 bridgehead atoms. The highest BCUT2D eigenvalue weighted by Gasteiger charge is 2.22. The van der Waals surface area contributed by atoms with E-state index in [0.717, 1.165) is 31.2 Å². The number of fused-ring (bicyclic) bond motifs is 1. The number of benzene rings is 1. The van der Waals surface area contributed by atoms with Crippen LogP contribution in [-0.2, 0) is 19.3 Å². The third-order valence-electron chi connectivity index (χ3n) is 3.87. The summed E-state index contributed by atoms with van der Waals surface area (Å²) in [4.78, 5) is 13.2. The van der Waals surface area contributed by atoms with Gasteiger partial charge in [0.1, 0.15) is 5.00 Å². The molecule has 116 valence electrons. The summed E-state index contributed by atoms with van der Waals surface area (Å²) in [6, 6.07) is 10.0. The molecule has 0 saturated heterocycles. The minimum Gasteiger partial charge on any atom is -0.407 e. The molecule has 1 aromatic heterocycles. The van der Waals surface area contributed by atoms with Crippen LogP contribution in [0.5, 0.6) is 5.75 Å². The number of aryl methyl sites for hydroxylation is 1. The molecule has 0 spiro atoms. The SMILES string of the molecule is Nc1sc2c(c1OC(=O)NCCc1ccccc1)CCCC2. The van der Waals surface area contributed by atoms with Crippen LogP contribution in [0, 0.1) is 0 Å². The van der Waals surface area contributed by atoms with E-state index in [1.807, 2.05) is 30.3 Å². The average molecular weight is 316 g/mol. The molecule has 2 aromatic rings. The molecule has 0 saturated carbocycles. The van der Waals surface area contributed by atoms with Crippen LogP contribution in [0.25, 0.3) is 0 Å². The third-order valence-corrected chi connectivity index (χ3v) is 4.97. The quantitative estimate of drug-likeness (QED) is 0.907. The monoisotopic (exact) mass is 316 g/mol. The Balaban J connectivity index is 1.55. The van der Waals surface area contributed by atoms with E-state index in [0.29, 0.717) is 17.3 Å². The number of carbonyl (C=O) groups excluding carboxylic acids is 1. The van der Waals surface area contributed by atoms with Crippen LogP contribution >= 0.6 is 11.3 Å². The topological polar surface area (TPSA) is 64.3 Å². The predicted molar refractivity (Wildman–Crippen MR) is 89.5 cm³/mol. The fraction of sp³-hybridized carbons (Fsp3) is 0.353. The lowest BCUT2D eigenvalue weighted by Gasteiger charge is -2.13. The maximum atomic E-state index is 12.0. The van der Waals surface area contributed by atoms with Crippen molar-refractivity contribution in [3.05, 3.63) is 46.3 Å². The second-order valence-electron chi connectivity index (χ2n) is 5.46. The summed E-state index contributed by atoms with van der Waals surface area (Å²) in [6.45, 7) is 0.551. The van der Waals surface area contributed by atoms with Crippen molar-refractivity contribution in [2.75, 3.05) is 12.3 Å². The molecule has 22 heavy (non-hydrogen) atoms. The summed E-state index contributed by atoms with van der Waals surface area (Å²) >= 11 is 1.55. The molecule has 1 amide bonds. The van der Waals surface area contributed by atoms with E-state index in [2.05, 4.69) is 5.32 Å². The lowest BCUT2D eigenvalue weighted by molar-refractivity contribution is 0.200. The number of carbonyl (C=O) groups is 1. The minimum absolute atomic E-state index is 0.422. The molecule has 1 aliphatic carbocycles. The van der Waals surface area contributed by atoms with Gasteiger partial charge in [0.2, 0.25) is 0 Å². The first-order valence-corrected chi connectivity index (χ1v) is 8.45. The van der Waals surface area contributed by atoms with Crippen molar-refractivity contribution in [3.63, 3.8) is 0 Å². The number of amides is 1. The molecule has 3 rings (SSSR count). The average Bonchev–Trinajstić information content (AvgIpc) is 2.84. The van der Waals surface area contributed by atoms with Gasteiger partial charge in [-0.3, -0.25) is 0 Å². The van der Waals surface area contributed by atoms with E-state index in [9.17, 15) is 4.79 Å². The minimum atomic E-state index is -0.422. The van der Waals surface area contributed by atoms with Crippen LogP contribution < -0.4 is 15.8 Å². The lowest BCUT2D eigenvalue weighted by Crippen LogP contribution is -2.29. The zero-order valence-corrected chi connectivity index (χ0v) is 13.2. The number of anilines is 1. The molecular weight excluding hydrogens is 296 g/mol. The number of nitrogen functional groups attached to an aromatic ring is 1. The van der Waals surface area contributed by atoms with E-state index < -0.39 is 6.09 Å². The van der Waals surface area contributed by atoms with Gasteiger partial charge in [0.15, 0.2) is 5.75 Å². The van der Waals surface area contributed by atoms with Gasteiger partial charge in [-0.05, 0) is 37.7 Å². The van der Waals surface area contributed by atoms with Gasteiger partial charge in [0.05, 0.1) is 0 Å². The van der Waals surface area contributed by atoms with Gasteiger partial charge in [-0.25, -0.2) is 4.79 Å². The zero-order chi connectivity index (χ0) is 15.4. The van der Waals surface area contributed by atoms with Crippen LogP contribution in [0.3, 0.4) is 0 Å². The number of hydrogen-bond acceptors (Lipinski definition) is 4. The maximum Gasteiger partial charge on any atom is 0.412 e. The summed E-state index contributed by atoms with van der Waals surface area (Å²) in [5.74, 6) is 0.580. The molecule has 4 nitrogen and oxygen atoms in total. The van der Waals surface area contributed by atoms with Crippen molar-refractivity contribution in [2.45, 2.75) is 32.1 Å². The van der Waals surface area contributed by atoms with Gasteiger partial charge < -0.3 is 15.8 Å². The molecule has 1 heterocycles. The summed E-state index contributed by atoms with van der Waals surface area (Å²) < 4.78 is 5.46. The van der Waals surface area contributed by atoms with Gasteiger partial charge in [0.25, 0.3) is 0 Å². The largest absolute Gasteiger partial charge is 0.412 e. The molecular formula is C17H20N2O2S. The molecule has 5 heteroatoms. The van der Waals surface area contributed by atoms with Gasteiger partial charge in [-0.2, -0.15) is 0 Å². The standard InChI is InChI=1S/C17H20N2O2S/c18-16-15(13-8-4-5-9-14(13)22-16)21-17(20)19-11-10-12-6-2-1-3-7-12/h1-3,6-7H,4-5,8-11,18H2,(H,19,20). The maximum absolute atomic E-state index is 12.0. The number of thiophene rings is 1. The molecule has 0 atom stereocenters. The van der Waals surface area contributed by atoms with Crippen LogP contribution in [0.1, 0.15) is 28.8 Å². The fourth-order valence-corrected chi connectivity index (χ4v) is 3.84. The number of nitrogens with one attached hydrogen (secondary N) is 1. The number of nitrogens with two attached hydrogens (primary N) is 1. The molecule has 0 radical (unpaired) electrons. The molecule has 3 N–H and O–H groups in total. The predicted octanol–water partition coefficient (Wildman–Crippen LogP) is 3.54. The Labute approximate surface area is 134 Å². The Morgan fingerprint density at radius 3 is 2.82 bits per heavy atom. The summed E-state index contributed by atoms with van der Waals surface area (Å²) in [5.41, 5.74) is 8.32. The van der Waals surface area contributed by atoms with Crippen LogP contribution in [0.15, 0.2) is 30.3 Å². The third kappa shape index (κ3) is 3.42. The van der Waals surface area contributed by atoms with Crippen molar-refractivity contribution < 1.29 is 9.53 Å². The fourth-order valence-electron chi connectivity index (χ4n) is 2.75. The Hall–Kier alpha value is -2.01. The Kier molecular flexibility index (Phi) is 4.63. The van der Waals surface area contributed by atoms with Gasteiger partial charge in [-0.15, -0.1) is 11.3 Å². The number of rotatable bonds is 4. The van der Waals surface area contributed by atoms with E-state index in [4.69, 9.17) is 10.5 Å². The first-order chi connectivity index (χ1) is 10.7. The first kappa shape index (κ1) is 14.9. The van der Waals surface area contributed by atoms with Crippen molar-refractivity contribution in [2.24, 2.45) is 0 Å². The summed E-state index contributed by atoms with van der Waals surface area (Å²) in [5, 5.41) is 3.41. The van der Waals surface area contributed by atoms with Crippen LogP contribution in [-0.4, -0.2) is 12.6 Å². The van der Waals surface area contributed by atoms with Crippen LogP contribution in [0.2, 0.25) is 0 Å². The Morgan fingerprint density at radius 1 is 1.23 bits per heavy atom. The molecule has 0 unspecified atom stereocenters. The second-order valence-corrected chi connectivity index (χ2v) is 6.59. The molecule has 0 fully saturated rings. The highest BCUT2D eigenvalue weighted by atomic mass is 32.1. The lowest BCUT2D eigenvalue weighted by atomic mass is 9.99. The van der Waals surface area contributed by atoms with E-state index in [-0.39, 0.29) is 0 Å². The molecule has 1 aliphatic rings. The second kappa shape index (κ2) is 6.83. The summed E-state index contributed by atoms with van der Waals surface area (Å²) in [6.07, 6.45) is 4.69. The Bertz CT molecular complexity index is 652. The Morgan fingerprint density at radius 2 is 2.00 bits per heavy atom. The summed E-state index contributed by atoms with van der Waals surface area (Å²) in [7, 11) is 0. The van der Waals surface area contributed by atoms with E-state index in [1.54, 1.807) is 11.3 Å². The molecule has 1 aromatic carbocycles. The number of ether oxygens (including phenoxy) is 1. The van der Waals surface area contributed by atoms with Crippen molar-refractivity contribution in [1.29, 1.82) is 0 Å². The van der Waals surface area contributed by atoms with Gasteiger partial charge >= 0.3 is 6.09 Å². The molecule has 0 aliphatic heterocycles. The highest BCUT2D eigenvalue weighted by Crippen LogP contribution is 2.41. The smallest absolute Gasteiger partial charge is 0.407 e. The zero-order valence-electron chi connectivity index (χ0n) is 12.4. The van der Waals surface area contributed by atoms with Crippen molar-refractivity contribution >= 4 is 22.4 Å². The number of hydrogen-bond donors (Lipinski definition) is 2. The van der Waals surface area contributed by atoms with Gasteiger partial charge in [0, 0.05) is 17.0 Å². The van der Waals surface area contributed by atoms with E-state index in [1.165, 1.54) is 16.9 Å². The first-order valence-electron chi connectivity index (χ1n) is 7.63. The van der Waals surface area contributed by atoms with Crippen molar-refractivity contribution in [3.8, 4) is 5.75 Å². The van der Waals surface area contributed by atoms with E-state index >= 15 is 0 Å². The highest BCUT2D eigenvalue weighted by molar-refractivity contribution is 7.16.